The van der Waals surface area contributed by atoms with Crippen molar-refractivity contribution in [3.05, 3.63) is 84.0 Å². The molecular weight excluding hydrogens is 446 g/mol. The maximum absolute atomic E-state index is 10.8. The highest BCUT2D eigenvalue weighted by Gasteiger charge is 2.27. The average Bonchev–Trinajstić information content (AvgIpc) is 3.22. The Bertz CT molecular complexity index is 1060. The minimum absolute atomic E-state index is 0.390. The summed E-state index contributed by atoms with van der Waals surface area (Å²) < 4.78 is 0. The smallest absolute Gasteiger partial charge is 0.0970 e. The molecule has 2 saturated heterocycles. The molecule has 0 aliphatic carbocycles. The number of β-amino-alcohol motifs (C(OH)–C–C–N with tert-alkyl or cyclic N) is 1. The van der Waals surface area contributed by atoms with E-state index in [0.29, 0.717) is 19.0 Å². The number of anilines is 1. The molecule has 192 valence electrons. The molecule has 0 bridgehead atoms. The lowest BCUT2D eigenvalue weighted by atomic mass is 9.91. The third-order valence-corrected chi connectivity index (χ3v) is 8.20. The quantitative estimate of drug-likeness (QED) is 0.570. The second-order valence-electron chi connectivity index (χ2n) is 10.8. The van der Waals surface area contributed by atoms with Crippen LogP contribution in [0.5, 0.6) is 0 Å². The fourth-order valence-corrected chi connectivity index (χ4v) is 5.91. The standard InChI is InChI=1S/C30H41N5O/c1-23(2)25-11-14-33(15-12-25)29-9-8-28(31-18-29)20-34-16-17-35(24(34)3)22-30(36)21-32-13-10-26-6-4-5-7-27(26)19-32/h4-9,18,25,30,36H,1,3,10-17,19-22H2,2H3/t30-/m1/s1. The number of allylic oxidation sites excluding steroid dienone is 1. The third kappa shape index (κ3) is 5.76. The summed E-state index contributed by atoms with van der Waals surface area (Å²) in [6.07, 6.45) is 5.05. The number of hydrogen-bond donors (Lipinski definition) is 1. The van der Waals surface area contributed by atoms with E-state index in [4.69, 9.17) is 4.98 Å². The van der Waals surface area contributed by atoms with E-state index in [2.05, 4.69) is 76.1 Å². The molecule has 2 fully saturated rings. The summed E-state index contributed by atoms with van der Waals surface area (Å²) in [5.41, 5.74) is 6.42. The van der Waals surface area contributed by atoms with Crippen molar-refractivity contribution in [3.63, 3.8) is 0 Å². The number of hydrogen-bond acceptors (Lipinski definition) is 6. The Balaban J connectivity index is 1.08. The van der Waals surface area contributed by atoms with Crippen molar-refractivity contribution in [1.82, 2.24) is 19.7 Å². The summed E-state index contributed by atoms with van der Waals surface area (Å²) in [7, 11) is 0. The summed E-state index contributed by atoms with van der Waals surface area (Å²) in [5.74, 6) is 1.65. The third-order valence-electron chi connectivity index (χ3n) is 8.20. The molecule has 1 N–H and O–H groups in total. The summed E-state index contributed by atoms with van der Waals surface area (Å²) >= 11 is 0. The molecule has 6 heteroatoms. The Labute approximate surface area is 216 Å². The van der Waals surface area contributed by atoms with E-state index in [1.807, 2.05) is 6.20 Å². The van der Waals surface area contributed by atoms with E-state index >= 15 is 0 Å². The molecule has 5 rings (SSSR count). The van der Waals surface area contributed by atoms with Crippen LogP contribution in [0, 0.1) is 5.92 Å². The molecule has 0 spiro atoms. The van der Waals surface area contributed by atoms with Gasteiger partial charge in [-0.3, -0.25) is 9.88 Å². The largest absolute Gasteiger partial charge is 0.390 e. The Hall–Kier alpha value is -2.83. The van der Waals surface area contributed by atoms with E-state index in [-0.39, 0.29) is 0 Å². The monoisotopic (exact) mass is 487 g/mol. The lowest BCUT2D eigenvalue weighted by Crippen LogP contribution is -2.41. The van der Waals surface area contributed by atoms with Crippen LogP contribution < -0.4 is 4.90 Å². The normalized spacial score (nSPS) is 20.1. The second-order valence-corrected chi connectivity index (χ2v) is 10.8. The van der Waals surface area contributed by atoms with Gasteiger partial charge in [0, 0.05) is 52.4 Å². The van der Waals surface area contributed by atoms with Crippen LogP contribution in [-0.2, 0) is 19.5 Å². The van der Waals surface area contributed by atoms with E-state index in [0.717, 1.165) is 63.7 Å². The number of piperidine rings is 1. The molecule has 0 amide bonds. The van der Waals surface area contributed by atoms with Gasteiger partial charge in [-0.05, 0) is 55.4 Å². The van der Waals surface area contributed by atoms with Crippen LogP contribution in [0.15, 0.2) is 67.1 Å². The van der Waals surface area contributed by atoms with Crippen LogP contribution in [-0.4, -0.2) is 76.7 Å². The van der Waals surface area contributed by atoms with Crippen molar-refractivity contribution < 1.29 is 5.11 Å². The molecule has 1 atom stereocenters. The number of aromatic nitrogens is 1. The van der Waals surface area contributed by atoms with E-state index in [1.165, 1.54) is 35.2 Å². The zero-order valence-corrected chi connectivity index (χ0v) is 21.8. The first kappa shape index (κ1) is 24.8. The van der Waals surface area contributed by atoms with Crippen LogP contribution in [0.4, 0.5) is 5.69 Å². The predicted molar refractivity (Wildman–Crippen MR) is 147 cm³/mol. The van der Waals surface area contributed by atoms with Gasteiger partial charge in [0.25, 0.3) is 0 Å². The van der Waals surface area contributed by atoms with Gasteiger partial charge < -0.3 is 19.8 Å². The lowest BCUT2D eigenvalue weighted by Gasteiger charge is -2.33. The SMILES string of the molecule is C=C(C)C1CCN(c2ccc(CN3CCN(C[C@H](O)CN4CCc5ccccc5C4)C3=C)nc2)CC1. The number of nitrogens with zero attached hydrogens (tertiary/aromatic N) is 5. The molecule has 0 saturated carbocycles. The van der Waals surface area contributed by atoms with Crippen LogP contribution in [0.1, 0.15) is 36.6 Å². The highest BCUT2D eigenvalue weighted by atomic mass is 16.3. The highest BCUT2D eigenvalue weighted by Crippen LogP contribution is 2.27. The predicted octanol–water partition coefficient (Wildman–Crippen LogP) is 3.88. The van der Waals surface area contributed by atoms with Gasteiger partial charge in [-0.25, -0.2) is 0 Å². The number of pyridine rings is 1. The van der Waals surface area contributed by atoms with Gasteiger partial charge in [0.1, 0.15) is 0 Å². The molecule has 1 aromatic heterocycles. The van der Waals surface area contributed by atoms with Crippen molar-refractivity contribution >= 4 is 5.69 Å². The van der Waals surface area contributed by atoms with Crippen molar-refractivity contribution in [3.8, 4) is 0 Å². The zero-order chi connectivity index (χ0) is 25.1. The van der Waals surface area contributed by atoms with Crippen LogP contribution in [0.3, 0.4) is 0 Å². The molecule has 6 nitrogen and oxygen atoms in total. The van der Waals surface area contributed by atoms with Gasteiger partial charge in [0.05, 0.1) is 36.0 Å². The minimum atomic E-state index is -0.390. The molecule has 0 unspecified atom stereocenters. The summed E-state index contributed by atoms with van der Waals surface area (Å²) in [4.78, 5) is 14.1. The molecule has 36 heavy (non-hydrogen) atoms. The minimum Gasteiger partial charge on any atom is -0.390 e. The average molecular weight is 488 g/mol. The number of fused-ring (bicyclic) bond motifs is 1. The van der Waals surface area contributed by atoms with E-state index in [1.54, 1.807) is 0 Å². The fourth-order valence-electron chi connectivity index (χ4n) is 5.91. The highest BCUT2D eigenvalue weighted by molar-refractivity contribution is 5.45. The summed E-state index contributed by atoms with van der Waals surface area (Å²) in [6, 6.07) is 13.0. The Morgan fingerprint density at radius 1 is 1.00 bits per heavy atom. The Morgan fingerprint density at radius 3 is 2.47 bits per heavy atom. The number of rotatable bonds is 8. The van der Waals surface area contributed by atoms with Gasteiger partial charge in [0.15, 0.2) is 0 Å². The maximum Gasteiger partial charge on any atom is 0.0970 e. The van der Waals surface area contributed by atoms with Crippen molar-refractivity contribution in [2.75, 3.05) is 50.7 Å². The maximum atomic E-state index is 10.8. The first-order chi connectivity index (χ1) is 17.5. The first-order valence-corrected chi connectivity index (χ1v) is 13.5. The zero-order valence-electron chi connectivity index (χ0n) is 21.8. The van der Waals surface area contributed by atoms with Gasteiger partial charge >= 0.3 is 0 Å². The summed E-state index contributed by atoms with van der Waals surface area (Å²) in [5, 5.41) is 10.8. The van der Waals surface area contributed by atoms with E-state index < -0.39 is 6.10 Å². The van der Waals surface area contributed by atoms with Gasteiger partial charge in [-0.15, -0.1) is 0 Å². The molecule has 1 aromatic carbocycles. The van der Waals surface area contributed by atoms with Gasteiger partial charge in [0.2, 0.25) is 0 Å². The van der Waals surface area contributed by atoms with Crippen molar-refractivity contribution in [2.24, 2.45) is 5.92 Å². The van der Waals surface area contributed by atoms with Gasteiger partial charge in [-0.2, -0.15) is 0 Å². The van der Waals surface area contributed by atoms with Crippen LogP contribution in [0.25, 0.3) is 0 Å². The fraction of sp³-hybridized carbons (Fsp3) is 0.500. The molecule has 0 radical (unpaired) electrons. The van der Waals surface area contributed by atoms with E-state index in [9.17, 15) is 5.11 Å². The second kappa shape index (κ2) is 11.1. The number of benzene rings is 1. The topological polar surface area (TPSA) is 46.1 Å². The molecule has 3 aliphatic rings. The number of aliphatic hydroxyl groups is 1. The van der Waals surface area contributed by atoms with Crippen molar-refractivity contribution in [1.29, 1.82) is 0 Å². The van der Waals surface area contributed by atoms with Crippen LogP contribution >= 0.6 is 0 Å². The Kier molecular flexibility index (Phi) is 7.63. The molecule has 3 aliphatic heterocycles. The molecular formula is C30H41N5O. The summed E-state index contributed by atoms with van der Waals surface area (Å²) in [6.45, 7) is 18.6. The lowest BCUT2D eigenvalue weighted by molar-refractivity contribution is 0.0811. The molecule has 4 heterocycles. The first-order valence-electron chi connectivity index (χ1n) is 13.5. The Morgan fingerprint density at radius 2 is 1.75 bits per heavy atom. The number of aliphatic hydroxyl groups excluding tert-OH is 1. The molecule has 2 aromatic rings. The van der Waals surface area contributed by atoms with Gasteiger partial charge in [-0.1, -0.05) is 43.0 Å². The van der Waals surface area contributed by atoms with Crippen molar-refractivity contribution in [2.45, 2.75) is 45.4 Å². The van der Waals surface area contributed by atoms with Crippen LogP contribution in [0.2, 0.25) is 0 Å².